The van der Waals surface area contributed by atoms with Crippen molar-refractivity contribution in [2.45, 2.75) is 65.5 Å². The molecule has 11 nitrogen and oxygen atoms in total. The molecule has 0 aromatic rings. The number of carbonyl (C=O) groups excluding carboxylic acids is 4. The number of hydrogen-bond acceptors (Lipinski definition) is 10. The minimum Gasteiger partial charge on any atom is -0.550 e. The van der Waals surface area contributed by atoms with Crippen molar-refractivity contribution in [1.29, 1.82) is 0 Å². The average molecular weight is 424 g/mol. The van der Waals surface area contributed by atoms with E-state index < -0.39 is 23.9 Å². The molecule has 1 aliphatic rings. The van der Waals surface area contributed by atoms with Crippen LogP contribution in [0.4, 0.5) is 0 Å². The molecule has 1 saturated carbocycles. The standard InChI is InChI=1S/C6H14N2.4C2H4O2.Fe.H3N/c7-6(8)4-2-1-3-5-6;4*1-2(3)4;;/h1-5,7-8H2;4*1H3,(H,3,4);;1H3/q;;;;;+3;/p-3. The van der Waals surface area contributed by atoms with Gasteiger partial charge >= 0.3 is 17.1 Å². The van der Waals surface area contributed by atoms with Crippen LogP contribution in [-0.4, -0.2) is 29.5 Å². The molecule has 1 aliphatic carbocycles. The predicted octanol–water partition coefficient (Wildman–Crippen LogP) is -4.04. The van der Waals surface area contributed by atoms with Gasteiger partial charge in [-0.2, -0.15) is 0 Å². The number of carboxylic acid groups (broad SMARTS) is 4. The first-order valence-electron chi connectivity index (χ1n) is 6.92. The molecule has 1 rings (SSSR count). The molecule has 0 unspecified atom stereocenters. The van der Waals surface area contributed by atoms with E-state index in [0.29, 0.717) is 0 Å². The minimum absolute atomic E-state index is 0. The van der Waals surface area contributed by atoms with Crippen LogP contribution < -0.4 is 38.0 Å². The minimum atomic E-state index is -1.08. The molecule has 26 heavy (non-hydrogen) atoms. The van der Waals surface area contributed by atoms with Gasteiger partial charge in [-0.05, 0) is 40.5 Å². The third-order valence-corrected chi connectivity index (χ3v) is 1.78. The zero-order chi connectivity index (χ0) is 20.3. The second kappa shape index (κ2) is 25.5. The smallest absolute Gasteiger partial charge is 0.550 e. The van der Waals surface area contributed by atoms with Crippen molar-refractivity contribution < 1.29 is 56.7 Å². The van der Waals surface area contributed by atoms with Crippen LogP contribution in [0.15, 0.2) is 0 Å². The second-order valence-corrected chi connectivity index (χ2v) is 4.76. The van der Waals surface area contributed by atoms with Crippen LogP contribution in [0.3, 0.4) is 0 Å². The van der Waals surface area contributed by atoms with Gasteiger partial charge in [0.25, 0.3) is 0 Å². The van der Waals surface area contributed by atoms with E-state index in [4.69, 9.17) is 51.1 Å². The van der Waals surface area contributed by atoms with Crippen molar-refractivity contribution in [3.8, 4) is 0 Å². The molecule has 0 atom stereocenters. The van der Waals surface area contributed by atoms with E-state index in [1.807, 2.05) is 0 Å². The van der Waals surface area contributed by atoms with Crippen LogP contribution in [0.25, 0.3) is 0 Å². The van der Waals surface area contributed by atoms with E-state index in [0.717, 1.165) is 40.5 Å². The Hall–Kier alpha value is -1.72. The summed E-state index contributed by atoms with van der Waals surface area (Å²) >= 11 is 0. The summed E-state index contributed by atoms with van der Waals surface area (Å²) in [5.74, 6) is -4.33. The van der Waals surface area contributed by atoms with Crippen LogP contribution in [0.5, 0.6) is 0 Å². The van der Waals surface area contributed by atoms with E-state index in [1.165, 1.54) is 19.3 Å². The predicted molar refractivity (Wildman–Crippen MR) is 82.9 cm³/mol. The van der Waals surface area contributed by atoms with Crippen molar-refractivity contribution in [3.63, 3.8) is 0 Å². The van der Waals surface area contributed by atoms with E-state index in [1.54, 1.807) is 0 Å². The molecule has 0 aromatic heterocycles. The maximum atomic E-state index is 8.89. The number of rotatable bonds is 0. The number of hydrogen-bond donors (Lipinski definition) is 3. The van der Waals surface area contributed by atoms with Gasteiger partial charge in [-0.1, -0.05) is 19.3 Å². The Balaban J connectivity index is -0.0000000495. The second-order valence-electron chi connectivity index (χ2n) is 4.76. The third kappa shape index (κ3) is 147. The fourth-order valence-electron chi connectivity index (χ4n) is 1.21. The van der Waals surface area contributed by atoms with Gasteiger partial charge in [-0.15, -0.1) is 0 Å². The summed E-state index contributed by atoms with van der Waals surface area (Å²) < 4.78 is 0. The molecule has 0 heterocycles. The third-order valence-electron chi connectivity index (χ3n) is 1.78. The van der Waals surface area contributed by atoms with Gasteiger partial charge in [0.1, 0.15) is 0 Å². The van der Waals surface area contributed by atoms with Crippen molar-refractivity contribution in [2.24, 2.45) is 11.5 Å². The van der Waals surface area contributed by atoms with E-state index in [9.17, 15) is 0 Å². The maximum Gasteiger partial charge on any atom is 3.00 e. The summed E-state index contributed by atoms with van der Waals surface area (Å²) in [5, 5.41) is 35.6. The topological polar surface area (TPSA) is 249 Å². The summed E-state index contributed by atoms with van der Waals surface area (Å²) in [6.07, 6.45) is 5.76. The van der Waals surface area contributed by atoms with Crippen LogP contribution in [0.1, 0.15) is 59.8 Å². The average Bonchev–Trinajstić information content (AvgIpc) is 2.24. The van der Waals surface area contributed by atoms with Crippen molar-refractivity contribution in [2.75, 3.05) is 0 Å². The maximum absolute atomic E-state index is 8.89. The van der Waals surface area contributed by atoms with Gasteiger partial charge in [0.2, 0.25) is 0 Å². The van der Waals surface area contributed by atoms with Crippen LogP contribution in [0, 0.1) is 0 Å². The van der Waals surface area contributed by atoms with Gasteiger partial charge in [0.15, 0.2) is 0 Å². The zero-order valence-electron chi connectivity index (χ0n) is 15.8. The number of aliphatic carboxylic acids is 4. The number of quaternary nitrogens is 1. The number of carbonyl (C=O) groups is 4. The summed E-state index contributed by atoms with van der Waals surface area (Å²) in [7, 11) is 0. The van der Waals surface area contributed by atoms with Gasteiger partial charge in [-0.3, -0.25) is 0 Å². The molecule has 1 radical (unpaired) electrons. The molecular formula is C14H30FeN3O8. The Morgan fingerprint density at radius 1 is 0.654 bits per heavy atom. The van der Waals surface area contributed by atoms with Crippen LogP contribution in [-0.2, 0) is 36.2 Å². The molecule has 157 valence electrons. The molecule has 0 amide bonds. The van der Waals surface area contributed by atoms with Crippen LogP contribution in [0.2, 0.25) is 0 Å². The molecule has 0 aromatic carbocycles. The van der Waals surface area contributed by atoms with Gasteiger partial charge < -0.3 is 57.2 Å². The molecule has 0 aliphatic heterocycles. The first-order chi connectivity index (χ1) is 10.6. The summed E-state index contributed by atoms with van der Waals surface area (Å²) in [6, 6.07) is 0. The molecular weight excluding hydrogens is 394 g/mol. The van der Waals surface area contributed by atoms with E-state index in [-0.39, 0.29) is 28.9 Å². The molecule has 0 saturated heterocycles. The van der Waals surface area contributed by atoms with Crippen LogP contribution >= 0.6 is 0 Å². The normalized spacial score (nSPS) is 12.4. The molecule has 0 spiro atoms. The van der Waals surface area contributed by atoms with Crippen molar-refractivity contribution in [3.05, 3.63) is 0 Å². The quantitative estimate of drug-likeness (QED) is 0.251. The zero-order valence-corrected chi connectivity index (χ0v) is 16.9. The molecule has 0 bridgehead atoms. The number of nitrogens with two attached hydrogens (primary N) is 2. The fraction of sp³-hybridized carbons (Fsp3) is 0.714. The van der Waals surface area contributed by atoms with Gasteiger partial charge in [0.05, 0.1) is 5.66 Å². The van der Waals surface area contributed by atoms with E-state index in [2.05, 4.69) is 0 Å². The Morgan fingerprint density at radius 2 is 0.808 bits per heavy atom. The molecule has 8 N–H and O–H groups in total. The van der Waals surface area contributed by atoms with Crippen molar-refractivity contribution >= 4 is 23.9 Å². The summed E-state index contributed by atoms with van der Waals surface area (Å²) in [5.41, 5.74) is 11.0. The monoisotopic (exact) mass is 424 g/mol. The summed E-state index contributed by atoms with van der Waals surface area (Å²) in [4.78, 5) is 35.6. The molecule has 12 heteroatoms. The van der Waals surface area contributed by atoms with Crippen molar-refractivity contribution in [1.82, 2.24) is 6.15 Å². The Bertz CT molecular complexity index is 307. The SMILES string of the molecule is CC(=O)[O-].CC(=O)[O-].CC(=O)[O-].CC(=O)[O-].NC1(N)CCCCC1.[Fe+3].[NH4+]. The largest absolute Gasteiger partial charge is 3.00 e. The summed E-state index contributed by atoms with van der Waals surface area (Å²) in [6.45, 7) is 3.89. The molecule has 1 fully saturated rings. The first-order valence-corrected chi connectivity index (χ1v) is 6.92. The van der Waals surface area contributed by atoms with Gasteiger partial charge in [0, 0.05) is 23.9 Å². The Kier molecular flexibility index (Phi) is 38.6. The first kappa shape index (κ1) is 39.4. The fourth-order valence-corrected chi connectivity index (χ4v) is 1.21. The van der Waals surface area contributed by atoms with Gasteiger partial charge in [-0.25, -0.2) is 0 Å². The Morgan fingerprint density at radius 3 is 0.885 bits per heavy atom. The Labute approximate surface area is 164 Å². The van der Waals surface area contributed by atoms with E-state index >= 15 is 0 Å². The number of carboxylic acids is 4.